The Hall–Kier alpha value is -1.32. The van der Waals surface area contributed by atoms with Crippen LogP contribution < -0.4 is 10.5 Å². The summed E-state index contributed by atoms with van der Waals surface area (Å²) in [5.41, 5.74) is 8.05. The average molecular weight is 320 g/mol. The second-order valence-electron chi connectivity index (χ2n) is 4.50. The Kier molecular flexibility index (Phi) is 5.00. The molecule has 0 unspecified atom stereocenters. The van der Waals surface area contributed by atoms with Crippen molar-refractivity contribution in [3.8, 4) is 11.5 Å². The SMILES string of the molecule is CCCc1ccc(Oc2cc(Br)cc(CN)c2)cc1. The lowest BCUT2D eigenvalue weighted by atomic mass is 10.1. The molecule has 0 aliphatic carbocycles. The van der Waals surface area contributed by atoms with Crippen molar-refractivity contribution in [3.63, 3.8) is 0 Å². The minimum Gasteiger partial charge on any atom is -0.457 e. The molecule has 19 heavy (non-hydrogen) atoms. The van der Waals surface area contributed by atoms with Crippen LogP contribution in [0.1, 0.15) is 24.5 Å². The Bertz CT molecular complexity index is 537. The molecule has 0 spiro atoms. The van der Waals surface area contributed by atoms with Crippen LogP contribution in [0.4, 0.5) is 0 Å². The monoisotopic (exact) mass is 319 g/mol. The second kappa shape index (κ2) is 6.73. The molecular weight excluding hydrogens is 302 g/mol. The molecule has 2 aromatic carbocycles. The topological polar surface area (TPSA) is 35.2 Å². The molecule has 0 saturated heterocycles. The molecule has 0 bridgehead atoms. The largest absolute Gasteiger partial charge is 0.457 e. The van der Waals surface area contributed by atoms with Gasteiger partial charge in [0.25, 0.3) is 0 Å². The van der Waals surface area contributed by atoms with Crippen LogP contribution in [0.2, 0.25) is 0 Å². The summed E-state index contributed by atoms with van der Waals surface area (Å²) < 4.78 is 6.83. The zero-order chi connectivity index (χ0) is 13.7. The standard InChI is InChI=1S/C16H18BrNO/c1-2-3-12-4-6-15(7-5-12)19-16-9-13(11-18)8-14(17)10-16/h4-10H,2-3,11,18H2,1H3. The Morgan fingerprint density at radius 3 is 2.37 bits per heavy atom. The van der Waals surface area contributed by atoms with Gasteiger partial charge in [0.1, 0.15) is 11.5 Å². The van der Waals surface area contributed by atoms with Gasteiger partial charge in [-0.25, -0.2) is 0 Å². The molecule has 0 atom stereocenters. The zero-order valence-electron chi connectivity index (χ0n) is 11.0. The van der Waals surface area contributed by atoms with Crippen molar-refractivity contribution < 1.29 is 4.74 Å². The number of nitrogens with two attached hydrogens (primary N) is 1. The van der Waals surface area contributed by atoms with E-state index in [1.165, 1.54) is 5.56 Å². The number of halogens is 1. The van der Waals surface area contributed by atoms with E-state index in [1.807, 2.05) is 30.3 Å². The molecular formula is C16H18BrNO. The number of benzene rings is 2. The number of ether oxygens (including phenoxy) is 1. The summed E-state index contributed by atoms with van der Waals surface area (Å²) in [6.07, 6.45) is 2.26. The molecule has 0 aliphatic heterocycles. The van der Waals surface area contributed by atoms with Gasteiger partial charge in [-0.3, -0.25) is 0 Å². The normalized spacial score (nSPS) is 10.5. The Morgan fingerprint density at radius 2 is 1.74 bits per heavy atom. The molecule has 0 aliphatic rings. The highest BCUT2D eigenvalue weighted by atomic mass is 79.9. The smallest absolute Gasteiger partial charge is 0.128 e. The van der Waals surface area contributed by atoms with Crippen molar-refractivity contribution in [1.82, 2.24) is 0 Å². The van der Waals surface area contributed by atoms with Gasteiger partial charge >= 0.3 is 0 Å². The lowest BCUT2D eigenvalue weighted by Crippen LogP contribution is -1.96. The van der Waals surface area contributed by atoms with E-state index in [0.29, 0.717) is 6.54 Å². The van der Waals surface area contributed by atoms with Crippen LogP contribution in [0, 0.1) is 0 Å². The first-order chi connectivity index (χ1) is 9.21. The molecule has 0 saturated carbocycles. The maximum atomic E-state index is 5.85. The highest BCUT2D eigenvalue weighted by Crippen LogP contribution is 2.26. The van der Waals surface area contributed by atoms with E-state index >= 15 is 0 Å². The molecule has 0 amide bonds. The molecule has 0 aromatic heterocycles. The van der Waals surface area contributed by atoms with Gasteiger partial charge in [-0.2, -0.15) is 0 Å². The van der Waals surface area contributed by atoms with Gasteiger partial charge in [0, 0.05) is 11.0 Å². The van der Waals surface area contributed by atoms with Crippen molar-refractivity contribution in [2.45, 2.75) is 26.3 Å². The maximum absolute atomic E-state index is 5.85. The van der Waals surface area contributed by atoms with Crippen molar-refractivity contribution in [2.24, 2.45) is 5.73 Å². The van der Waals surface area contributed by atoms with Crippen LogP contribution in [0.3, 0.4) is 0 Å². The first-order valence-corrected chi connectivity index (χ1v) is 7.27. The third-order valence-corrected chi connectivity index (χ3v) is 3.32. The Balaban J connectivity index is 2.14. The van der Waals surface area contributed by atoms with Gasteiger partial charge < -0.3 is 10.5 Å². The van der Waals surface area contributed by atoms with Gasteiger partial charge in [-0.1, -0.05) is 41.4 Å². The third-order valence-electron chi connectivity index (χ3n) is 2.86. The van der Waals surface area contributed by atoms with E-state index in [2.05, 4.69) is 35.0 Å². The fourth-order valence-electron chi connectivity index (χ4n) is 1.95. The predicted molar refractivity (Wildman–Crippen MR) is 82.5 cm³/mol. The molecule has 2 aromatic rings. The molecule has 0 fully saturated rings. The van der Waals surface area contributed by atoms with Crippen molar-refractivity contribution in [2.75, 3.05) is 0 Å². The van der Waals surface area contributed by atoms with E-state index < -0.39 is 0 Å². The summed E-state index contributed by atoms with van der Waals surface area (Å²) in [6, 6.07) is 14.1. The lowest BCUT2D eigenvalue weighted by molar-refractivity contribution is 0.481. The molecule has 100 valence electrons. The average Bonchev–Trinajstić information content (AvgIpc) is 2.40. The number of aryl methyl sites for hydroxylation is 1. The summed E-state index contributed by atoms with van der Waals surface area (Å²) >= 11 is 3.46. The van der Waals surface area contributed by atoms with Crippen molar-refractivity contribution in [3.05, 3.63) is 58.1 Å². The van der Waals surface area contributed by atoms with E-state index in [9.17, 15) is 0 Å². The Morgan fingerprint density at radius 1 is 1.00 bits per heavy atom. The highest BCUT2D eigenvalue weighted by Gasteiger charge is 2.02. The summed E-state index contributed by atoms with van der Waals surface area (Å²) in [5.74, 6) is 1.65. The van der Waals surface area contributed by atoms with Crippen LogP contribution in [0.5, 0.6) is 11.5 Å². The van der Waals surface area contributed by atoms with Crippen LogP contribution in [-0.2, 0) is 13.0 Å². The van der Waals surface area contributed by atoms with Crippen LogP contribution in [0.25, 0.3) is 0 Å². The fourth-order valence-corrected chi connectivity index (χ4v) is 2.47. The van der Waals surface area contributed by atoms with Gasteiger partial charge in [0.05, 0.1) is 0 Å². The fraction of sp³-hybridized carbons (Fsp3) is 0.250. The first kappa shape index (κ1) is 14.1. The predicted octanol–water partition coefficient (Wildman–Crippen LogP) is 4.65. The Labute approximate surface area is 122 Å². The first-order valence-electron chi connectivity index (χ1n) is 6.47. The van der Waals surface area contributed by atoms with E-state index in [0.717, 1.165) is 34.4 Å². The molecule has 0 radical (unpaired) electrons. The molecule has 0 heterocycles. The van der Waals surface area contributed by atoms with Crippen LogP contribution >= 0.6 is 15.9 Å². The summed E-state index contributed by atoms with van der Waals surface area (Å²) in [7, 11) is 0. The summed E-state index contributed by atoms with van der Waals surface area (Å²) in [6.45, 7) is 2.69. The number of hydrogen-bond acceptors (Lipinski definition) is 2. The van der Waals surface area contributed by atoms with Gasteiger partial charge in [-0.15, -0.1) is 0 Å². The van der Waals surface area contributed by atoms with Gasteiger partial charge in [0.2, 0.25) is 0 Å². The van der Waals surface area contributed by atoms with E-state index in [4.69, 9.17) is 10.5 Å². The molecule has 3 heteroatoms. The van der Waals surface area contributed by atoms with Crippen LogP contribution in [-0.4, -0.2) is 0 Å². The molecule has 2 nitrogen and oxygen atoms in total. The zero-order valence-corrected chi connectivity index (χ0v) is 12.6. The van der Waals surface area contributed by atoms with Gasteiger partial charge in [-0.05, 0) is 47.9 Å². The quantitative estimate of drug-likeness (QED) is 0.870. The second-order valence-corrected chi connectivity index (χ2v) is 5.41. The maximum Gasteiger partial charge on any atom is 0.128 e. The van der Waals surface area contributed by atoms with Crippen molar-refractivity contribution in [1.29, 1.82) is 0 Å². The highest BCUT2D eigenvalue weighted by molar-refractivity contribution is 9.10. The van der Waals surface area contributed by atoms with Gasteiger partial charge in [0.15, 0.2) is 0 Å². The summed E-state index contributed by atoms with van der Waals surface area (Å²) in [5, 5.41) is 0. The molecule has 2 rings (SSSR count). The third kappa shape index (κ3) is 4.08. The van der Waals surface area contributed by atoms with Crippen molar-refractivity contribution >= 4 is 15.9 Å². The minimum absolute atomic E-state index is 0.505. The van der Waals surface area contributed by atoms with E-state index in [-0.39, 0.29) is 0 Å². The number of hydrogen-bond donors (Lipinski definition) is 1. The minimum atomic E-state index is 0.505. The summed E-state index contributed by atoms with van der Waals surface area (Å²) in [4.78, 5) is 0. The van der Waals surface area contributed by atoms with Crippen LogP contribution in [0.15, 0.2) is 46.9 Å². The molecule has 2 N–H and O–H groups in total. The van der Waals surface area contributed by atoms with E-state index in [1.54, 1.807) is 0 Å². The lowest BCUT2D eigenvalue weighted by Gasteiger charge is -2.09. The number of rotatable bonds is 5.